The zero-order chi connectivity index (χ0) is 15.7. The van der Waals surface area contributed by atoms with E-state index in [1.165, 1.54) is 0 Å². The Labute approximate surface area is 134 Å². The van der Waals surface area contributed by atoms with Gasteiger partial charge in [0.25, 0.3) is 5.91 Å². The molecule has 22 heavy (non-hydrogen) atoms. The van der Waals surface area contributed by atoms with Crippen LogP contribution in [-0.2, 0) is 0 Å². The van der Waals surface area contributed by atoms with Crippen LogP contribution in [0.5, 0.6) is 0 Å². The largest absolute Gasteiger partial charge is 0.337 e. The lowest BCUT2D eigenvalue weighted by Gasteiger charge is -2.25. The number of carbonyl (C=O) groups excluding carboxylic acids is 2. The third kappa shape index (κ3) is 2.76. The molecule has 6 nitrogen and oxygen atoms in total. The van der Waals surface area contributed by atoms with Crippen LogP contribution in [0.1, 0.15) is 16.8 Å². The van der Waals surface area contributed by atoms with Crippen molar-refractivity contribution in [2.24, 2.45) is 0 Å². The number of anilines is 1. The van der Waals surface area contributed by atoms with Crippen LogP contribution >= 0.6 is 11.6 Å². The van der Waals surface area contributed by atoms with Gasteiger partial charge in [0.1, 0.15) is 0 Å². The number of carbonyl (C=O) groups is 2. The van der Waals surface area contributed by atoms with E-state index in [4.69, 9.17) is 11.6 Å². The Balaban J connectivity index is 1.85. The van der Waals surface area contributed by atoms with Gasteiger partial charge in [-0.3, -0.25) is 9.69 Å². The molecule has 1 aromatic rings. The van der Waals surface area contributed by atoms with Crippen LogP contribution in [0.3, 0.4) is 0 Å². The van der Waals surface area contributed by atoms with Crippen molar-refractivity contribution < 1.29 is 9.59 Å². The summed E-state index contributed by atoms with van der Waals surface area (Å²) in [6, 6.07) is 5.18. The van der Waals surface area contributed by atoms with E-state index >= 15 is 0 Å². The van der Waals surface area contributed by atoms with E-state index in [9.17, 15) is 9.59 Å². The highest BCUT2D eigenvalue weighted by molar-refractivity contribution is 6.34. The van der Waals surface area contributed by atoms with Gasteiger partial charge in [-0.2, -0.15) is 0 Å². The summed E-state index contributed by atoms with van der Waals surface area (Å²) >= 11 is 6.20. The van der Waals surface area contributed by atoms with Gasteiger partial charge in [0.2, 0.25) is 0 Å². The second kappa shape index (κ2) is 6.14. The summed E-state index contributed by atoms with van der Waals surface area (Å²) in [7, 11) is 1.80. The van der Waals surface area contributed by atoms with Gasteiger partial charge < -0.3 is 15.5 Å². The summed E-state index contributed by atoms with van der Waals surface area (Å²) in [4.78, 5) is 27.8. The maximum absolute atomic E-state index is 12.7. The zero-order valence-corrected chi connectivity index (χ0v) is 13.2. The second-order valence-corrected chi connectivity index (χ2v) is 6.02. The van der Waals surface area contributed by atoms with E-state index < -0.39 is 0 Å². The molecule has 1 atom stereocenters. The molecule has 0 aromatic heterocycles. The van der Waals surface area contributed by atoms with Crippen LogP contribution in [0.2, 0.25) is 5.02 Å². The molecule has 3 rings (SSSR count). The van der Waals surface area contributed by atoms with E-state index in [0.717, 1.165) is 19.5 Å². The third-order valence-corrected chi connectivity index (χ3v) is 4.58. The normalized spacial score (nSPS) is 21.1. The molecular weight excluding hydrogens is 304 g/mol. The lowest BCUT2D eigenvalue weighted by atomic mass is 10.1. The molecule has 1 aromatic carbocycles. The van der Waals surface area contributed by atoms with Gasteiger partial charge in [-0.05, 0) is 31.2 Å². The Hall–Kier alpha value is -1.79. The van der Waals surface area contributed by atoms with Crippen molar-refractivity contribution in [1.29, 1.82) is 0 Å². The molecule has 2 saturated heterocycles. The number of hydrogen-bond acceptors (Lipinski definition) is 3. The number of amides is 3. The first-order chi connectivity index (χ1) is 10.6. The smallest absolute Gasteiger partial charge is 0.321 e. The fourth-order valence-electron chi connectivity index (χ4n) is 2.89. The Bertz CT molecular complexity index is 601. The predicted molar refractivity (Wildman–Crippen MR) is 85.6 cm³/mol. The molecule has 2 N–H and O–H groups in total. The Morgan fingerprint density at radius 3 is 2.86 bits per heavy atom. The minimum Gasteiger partial charge on any atom is -0.337 e. The number of urea groups is 1. The SMILES string of the molecule is CN(C(=O)c1cc(N2CCNC2=O)ccc1Cl)C1CCNC1. The number of halogens is 1. The summed E-state index contributed by atoms with van der Waals surface area (Å²) in [5.41, 5.74) is 1.13. The van der Waals surface area contributed by atoms with E-state index in [1.54, 1.807) is 35.0 Å². The van der Waals surface area contributed by atoms with Crippen LogP contribution in [0.25, 0.3) is 0 Å². The molecule has 2 aliphatic heterocycles. The first-order valence-electron chi connectivity index (χ1n) is 7.40. The van der Waals surface area contributed by atoms with E-state index in [-0.39, 0.29) is 18.0 Å². The molecule has 3 amide bonds. The summed E-state index contributed by atoms with van der Waals surface area (Å²) in [6.07, 6.45) is 0.939. The molecule has 7 heteroatoms. The molecule has 2 heterocycles. The number of hydrogen-bond donors (Lipinski definition) is 2. The molecule has 0 spiro atoms. The third-order valence-electron chi connectivity index (χ3n) is 4.25. The maximum Gasteiger partial charge on any atom is 0.321 e. The minimum atomic E-state index is -0.144. The van der Waals surface area contributed by atoms with Gasteiger partial charge in [-0.1, -0.05) is 11.6 Å². The molecule has 0 radical (unpaired) electrons. The average Bonchev–Trinajstić information content (AvgIpc) is 3.18. The molecule has 2 fully saturated rings. The molecule has 0 aliphatic carbocycles. The van der Waals surface area contributed by atoms with E-state index in [1.807, 2.05) is 0 Å². The molecular formula is C15H19ClN4O2. The van der Waals surface area contributed by atoms with Crippen molar-refractivity contribution in [3.05, 3.63) is 28.8 Å². The van der Waals surface area contributed by atoms with Gasteiger partial charge in [0.05, 0.1) is 10.6 Å². The Morgan fingerprint density at radius 1 is 1.41 bits per heavy atom. The quantitative estimate of drug-likeness (QED) is 0.881. The minimum absolute atomic E-state index is 0.111. The number of rotatable bonds is 3. The van der Waals surface area contributed by atoms with Gasteiger partial charge in [-0.25, -0.2) is 4.79 Å². The van der Waals surface area contributed by atoms with E-state index in [0.29, 0.717) is 29.4 Å². The first kappa shape index (κ1) is 15.1. The predicted octanol–water partition coefficient (Wildman–Crippen LogP) is 1.30. The summed E-state index contributed by atoms with van der Waals surface area (Å²) < 4.78 is 0. The van der Waals surface area contributed by atoms with Crippen molar-refractivity contribution in [3.8, 4) is 0 Å². The standard InChI is InChI=1S/C15H19ClN4O2/c1-19(11-4-5-17-9-11)14(21)12-8-10(2-3-13(12)16)20-7-6-18-15(20)22/h2-3,8,11,17H,4-7,9H2,1H3,(H,18,22). The maximum atomic E-state index is 12.7. The monoisotopic (exact) mass is 322 g/mol. The van der Waals surface area contributed by atoms with Gasteiger partial charge >= 0.3 is 6.03 Å². The van der Waals surface area contributed by atoms with Gasteiger partial charge in [0, 0.05) is 38.4 Å². The number of benzene rings is 1. The fraction of sp³-hybridized carbons (Fsp3) is 0.467. The lowest BCUT2D eigenvalue weighted by molar-refractivity contribution is 0.0744. The highest BCUT2D eigenvalue weighted by atomic mass is 35.5. The molecule has 118 valence electrons. The number of likely N-dealkylation sites (N-methyl/N-ethyl adjacent to an activating group) is 1. The van der Waals surface area contributed by atoms with Crippen LogP contribution in [-0.4, -0.2) is 56.1 Å². The first-order valence-corrected chi connectivity index (χ1v) is 7.78. The lowest BCUT2D eigenvalue weighted by Crippen LogP contribution is -2.38. The van der Waals surface area contributed by atoms with Gasteiger partial charge in [-0.15, -0.1) is 0 Å². The van der Waals surface area contributed by atoms with Crippen molar-refractivity contribution in [2.45, 2.75) is 12.5 Å². The van der Waals surface area contributed by atoms with Crippen molar-refractivity contribution in [1.82, 2.24) is 15.5 Å². The number of nitrogens with zero attached hydrogens (tertiary/aromatic N) is 2. The van der Waals surface area contributed by atoms with Crippen molar-refractivity contribution in [3.63, 3.8) is 0 Å². The summed E-state index contributed by atoms with van der Waals surface area (Å²) in [6.45, 7) is 2.92. The molecule has 0 saturated carbocycles. The van der Waals surface area contributed by atoms with Crippen molar-refractivity contribution >= 4 is 29.2 Å². The van der Waals surface area contributed by atoms with Crippen LogP contribution in [0.15, 0.2) is 18.2 Å². The Kier molecular flexibility index (Phi) is 4.22. The summed E-state index contributed by atoms with van der Waals surface area (Å²) in [5.74, 6) is -0.111. The average molecular weight is 323 g/mol. The zero-order valence-electron chi connectivity index (χ0n) is 12.4. The summed E-state index contributed by atoms with van der Waals surface area (Å²) in [5, 5.41) is 6.41. The molecule has 0 bridgehead atoms. The molecule has 2 aliphatic rings. The Morgan fingerprint density at radius 2 is 2.23 bits per heavy atom. The fourth-order valence-corrected chi connectivity index (χ4v) is 3.09. The topological polar surface area (TPSA) is 64.7 Å². The van der Waals surface area contributed by atoms with Gasteiger partial charge in [0.15, 0.2) is 0 Å². The van der Waals surface area contributed by atoms with E-state index in [2.05, 4.69) is 10.6 Å². The van der Waals surface area contributed by atoms with Crippen LogP contribution in [0.4, 0.5) is 10.5 Å². The van der Waals surface area contributed by atoms with Crippen LogP contribution in [0, 0.1) is 0 Å². The highest BCUT2D eigenvalue weighted by Gasteiger charge is 2.27. The number of nitrogens with one attached hydrogen (secondary N) is 2. The highest BCUT2D eigenvalue weighted by Crippen LogP contribution is 2.26. The van der Waals surface area contributed by atoms with Crippen LogP contribution < -0.4 is 15.5 Å². The second-order valence-electron chi connectivity index (χ2n) is 5.61. The van der Waals surface area contributed by atoms with Crippen molar-refractivity contribution in [2.75, 3.05) is 38.1 Å². The molecule has 1 unspecified atom stereocenters.